The average Bonchev–Trinajstić information content (AvgIpc) is 2.69. The van der Waals surface area contributed by atoms with E-state index in [0.29, 0.717) is 16.8 Å². The first kappa shape index (κ1) is 11.3. The first-order chi connectivity index (χ1) is 8.08. The lowest BCUT2D eigenvalue weighted by molar-refractivity contribution is -0.136. The summed E-state index contributed by atoms with van der Waals surface area (Å²) < 4.78 is 18.1. The third kappa shape index (κ3) is 2.33. The molecule has 0 aliphatic carbocycles. The van der Waals surface area contributed by atoms with Crippen molar-refractivity contribution in [1.82, 2.24) is 4.98 Å². The van der Waals surface area contributed by atoms with Crippen LogP contribution in [0.2, 0.25) is 0 Å². The van der Waals surface area contributed by atoms with Crippen LogP contribution in [0.4, 0.5) is 4.39 Å². The maximum atomic E-state index is 13.1. The van der Waals surface area contributed by atoms with E-state index in [1.807, 2.05) is 0 Å². The van der Waals surface area contributed by atoms with Gasteiger partial charge in [-0.25, -0.2) is 9.37 Å². The molecule has 0 aliphatic rings. The first-order valence-electron chi connectivity index (χ1n) is 4.98. The molecule has 1 aromatic heterocycles. The molecule has 5 heteroatoms. The van der Waals surface area contributed by atoms with Gasteiger partial charge >= 0.3 is 5.97 Å². The van der Waals surface area contributed by atoms with Crippen molar-refractivity contribution in [2.45, 2.75) is 13.3 Å². The number of hydrogen-bond acceptors (Lipinski definition) is 3. The Labute approximate surface area is 96.7 Å². The van der Waals surface area contributed by atoms with Crippen LogP contribution in [0, 0.1) is 12.7 Å². The number of nitrogens with zero attached hydrogens (tertiary/aromatic N) is 1. The van der Waals surface area contributed by atoms with Gasteiger partial charge in [-0.1, -0.05) is 0 Å². The zero-order chi connectivity index (χ0) is 12.4. The SMILES string of the molecule is Cc1cc(-c2ncoc2CC(=O)O)ccc1F. The predicted molar refractivity (Wildman–Crippen MR) is 58.0 cm³/mol. The zero-order valence-electron chi connectivity index (χ0n) is 9.11. The van der Waals surface area contributed by atoms with E-state index in [9.17, 15) is 9.18 Å². The van der Waals surface area contributed by atoms with Crippen molar-refractivity contribution >= 4 is 5.97 Å². The number of carboxylic acid groups (broad SMARTS) is 1. The smallest absolute Gasteiger partial charge is 0.311 e. The summed E-state index contributed by atoms with van der Waals surface area (Å²) >= 11 is 0. The van der Waals surface area contributed by atoms with Crippen LogP contribution in [0.5, 0.6) is 0 Å². The molecular formula is C12H10FNO3. The van der Waals surface area contributed by atoms with Gasteiger partial charge in [0, 0.05) is 5.56 Å². The molecule has 1 N–H and O–H groups in total. The Morgan fingerprint density at radius 3 is 2.94 bits per heavy atom. The van der Waals surface area contributed by atoms with E-state index in [2.05, 4.69) is 4.98 Å². The number of aliphatic carboxylic acids is 1. The Morgan fingerprint density at radius 1 is 1.53 bits per heavy atom. The van der Waals surface area contributed by atoms with Gasteiger partial charge in [0.2, 0.25) is 0 Å². The molecular weight excluding hydrogens is 225 g/mol. The molecule has 1 aromatic carbocycles. The van der Waals surface area contributed by atoms with Gasteiger partial charge in [-0.2, -0.15) is 0 Å². The molecule has 0 spiro atoms. The van der Waals surface area contributed by atoms with Crippen molar-refractivity contribution in [1.29, 1.82) is 0 Å². The summed E-state index contributed by atoms with van der Waals surface area (Å²) in [5, 5.41) is 8.71. The van der Waals surface area contributed by atoms with Crippen molar-refractivity contribution in [2.75, 3.05) is 0 Å². The summed E-state index contributed by atoms with van der Waals surface area (Å²) in [7, 11) is 0. The van der Waals surface area contributed by atoms with Crippen molar-refractivity contribution in [3.05, 3.63) is 41.7 Å². The van der Waals surface area contributed by atoms with E-state index in [-0.39, 0.29) is 18.0 Å². The van der Waals surface area contributed by atoms with Crippen LogP contribution in [0.1, 0.15) is 11.3 Å². The van der Waals surface area contributed by atoms with Gasteiger partial charge in [-0.3, -0.25) is 4.79 Å². The number of carboxylic acids is 1. The molecule has 0 atom stereocenters. The highest BCUT2D eigenvalue weighted by atomic mass is 19.1. The van der Waals surface area contributed by atoms with Crippen LogP contribution >= 0.6 is 0 Å². The Hall–Kier alpha value is -2.17. The molecule has 17 heavy (non-hydrogen) atoms. The fraction of sp³-hybridized carbons (Fsp3) is 0.167. The summed E-state index contributed by atoms with van der Waals surface area (Å²) in [6.45, 7) is 1.63. The number of aryl methyl sites for hydroxylation is 1. The summed E-state index contributed by atoms with van der Waals surface area (Å²) in [5.41, 5.74) is 1.57. The second-order valence-corrected chi connectivity index (χ2v) is 3.66. The fourth-order valence-corrected chi connectivity index (χ4v) is 1.56. The third-order valence-corrected chi connectivity index (χ3v) is 2.38. The molecule has 0 bridgehead atoms. The summed E-state index contributed by atoms with van der Waals surface area (Å²) in [6.07, 6.45) is 0.943. The Balaban J connectivity index is 2.42. The quantitative estimate of drug-likeness (QED) is 0.887. The molecule has 0 radical (unpaired) electrons. The summed E-state index contributed by atoms with van der Waals surface area (Å²) in [6, 6.07) is 4.48. The highest BCUT2D eigenvalue weighted by molar-refractivity contribution is 5.73. The number of halogens is 1. The van der Waals surface area contributed by atoms with Gasteiger partial charge in [0.1, 0.15) is 23.7 Å². The molecule has 4 nitrogen and oxygen atoms in total. The molecule has 1 heterocycles. The van der Waals surface area contributed by atoms with Crippen LogP contribution in [0.25, 0.3) is 11.3 Å². The number of oxazole rings is 1. The second kappa shape index (κ2) is 4.37. The maximum absolute atomic E-state index is 13.1. The van der Waals surface area contributed by atoms with Gasteiger partial charge in [0.15, 0.2) is 6.39 Å². The monoisotopic (exact) mass is 235 g/mol. The van der Waals surface area contributed by atoms with E-state index in [1.54, 1.807) is 19.1 Å². The number of rotatable bonds is 3. The summed E-state index contributed by atoms with van der Waals surface area (Å²) in [5.74, 6) is -1.04. The lowest BCUT2D eigenvalue weighted by atomic mass is 10.1. The van der Waals surface area contributed by atoms with Gasteiger partial charge in [0.05, 0.1) is 0 Å². The standard InChI is InChI=1S/C12H10FNO3/c1-7-4-8(2-3-9(7)13)12-10(5-11(15)16)17-6-14-12/h2-4,6H,5H2,1H3,(H,15,16). The van der Waals surface area contributed by atoms with E-state index >= 15 is 0 Å². The van der Waals surface area contributed by atoms with Crippen molar-refractivity contribution in [2.24, 2.45) is 0 Å². The van der Waals surface area contributed by atoms with Gasteiger partial charge in [-0.05, 0) is 30.7 Å². The topological polar surface area (TPSA) is 63.3 Å². The van der Waals surface area contributed by atoms with E-state index in [4.69, 9.17) is 9.52 Å². The molecule has 2 aromatic rings. The van der Waals surface area contributed by atoms with Gasteiger partial charge in [-0.15, -0.1) is 0 Å². The van der Waals surface area contributed by atoms with Crippen molar-refractivity contribution in [3.63, 3.8) is 0 Å². The molecule has 0 amide bonds. The molecule has 88 valence electrons. The molecule has 0 fully saturated rings. The Bertz CT molecular complexity index is 563. The number of carbonyl (C=O) groups is 1. The van der Waals surface area contributed by atoms with Crippen molar-refractivity contribution < 1.29 is 18.7 Å². The first-order valence-corrected chi connectivity index (χ1v) is 4.98. The van der Waals surface area contributed by atoms with Crippen LogP contribution in [0.15, 0.2) is 29.0 Å². The van der Waals surface area contributed by atoms with Gasteiger partial charge in [0.25, 0.3) is 0 Å². The highest BCUT2D eigenvalue weighted by Gasteiger charge is 2.14. The average molecular weight is 235 g/mol. The number of aromatic nitrogens is 1. The number of benzene rings is 1. The lowest BCUT2D eigenvalue weighted by Crippen LogP contribution is -2.00. The molecule has 0 aliphatic heterocycles. The van der Waals surface area contributed by atoms with Crippen LogP contribution in [0.3, 0.4) is 0 Å². The minimum Gasteiger partial charge on any atom is -0.481 e. The maximum Gasteiger partial charge on any atom is 0.311 e. The van der Waals surface area contributed by atoms with Crippen molar-refractivity contribution in [3.8, 4) is 11.3 Å². The molecule has 0 saturated heterocycles. The normalized spacial score (nSPS) is 10.5. The van der Waals surface area contributed by atoms with E-state index < -0.39 is 5.97 Å². The summed E-state index contributed by atoms with van der Waals surface area (Å²) in [4.78, 5) is 14.6. The third-order valence-electron chi connectivity index (χ3n) is 2.38. The fourth-order valence-electron chi connectivity index (χ4n) is 1.56. The Kier molecular flexibility index (Phi) is 2.91. The Morgan fingerprint density at radius 2 is 2.29 bits per heavy atom. The van der Waals surface area contributed by atoms with Crippen LogP contribution < -0.4 is 0 Å². The molecule has 2 rings (SSSR count). The minimum absolute atomic E-state index is 0.244. The predicted octanol–water partition coefficient (Wildman–Crippen LogP) is 2.42. The van der Waals surface area contributed by atoms with E-state index in [1.165, 1.54) is 12.5 Å². The van der Waals surface area contributed by atoms with Crippen LogP contribution in [-0.4, -0.2) is 16.1 Å². The van der Waals surface area contributed by atoms with Gasteiger partial charge < -0.3 is 9.52 Å². The number of hydrogen-bond donors (Lipinski definition) is 1. The minimum atomic E-state index is -0.998. The second-order valence-electron chi connectivity index (χ2n) is 3.66. The van der Waals surface area contributed by atoms with Crippen LogP contribution in [-0.2, 0) is 11.2 Å². The molecule has 0 saturated carbocycles. The van der Waals surface area contributed by atoms with E-state index in [0.717, 1.165) is 0 Å². The highest BCUT2D eigenvalue weighted by Crippen LogP contribution is 2.24. The largest absolute Gasteiger partial charge is 0.481 e. The molecule has 0 unspecified atom stereocenters. The zero-order valence-corrected chi connectivity index (χ0v) is 9.11. The lowest BCUT2D eigenvalue weighted by Gasteiger charge is -2.02.